The Labute approximate surface area is 92.9 Å². The summed E-state index contributed by atoms with van der Waals surface area (Å²) in [5, 5.41) is 2.86. The van der Waals surface area contributed by atoms with E-state index in [9.17, 15) is 8.42 Å². The van der Waals surface area contributed by atoms with Gasteiger partial charge in [0.2, 0.25) is 0 Å². The Bertz CT molecular complexity index is 462. The van der Waals surface area contributed by atoms with Crippen LogP contribution in [-0.4, -0.2) is 27.7 Å². The number of sulfone groups is 1. The van der Waals surface area contributed by atoms with Gasteiger partial charge in [-0.1, -0.05) is 0 Å². The fraction of sp³-hybridized carbons (Fsp3) is 0.375. The second-order valence-corrected chi connectivity index (χ2v) is 6.37. The van der Waals surface area contributed by atoms with Gasteiger partial charge in [-0.05, 0) is 12.1 Å². The van der Waals surface area contributed by atoms with Gasteiger partial charge in [-0.2, -0.15) is 0 Å². The molecule has 0 unspecified atom stereocenters. The van der Waals surface area contributed by atoms with Crippen LogP contribution in [0.2, 0.25) is 0 Å². The van der Waals surface area contributed by atoms with Gasteiger partial charge in [0.1, 0.15) is 4.21 Å². The van der Waals surface area contributed by atoms with Crippen molar-refractivity contribution < 1.29 is 8.42 Å². The zero-order chi connectivity index (χ0) is 11.5. The first-order valence-electron chi connectivity index (χ1n) is 4.18. The molecule has 0 saturated heterocycles. The van der Waals surface area contributed by atoms with Gasteiger partial charge >= 0.3 is 0 Å². The van der Waals surface area contributed by atoms with Gasteiger partial charge in [0.25, 0.3) is 0 Å². The third-order valence-electron chi connectivity index (χ3n) is 1.69. The summed E-state index contributed by atoms with van der Waals surface area (Å²) in [7, 11) is -1.51. The molecule has 7 heteroatoms. The van der Waals surface area contributed by atoms with Crippen LogP contribution < -0.4 is 11.1 Å². The van der Waals surface area contributed by atoms with Crippen molar-refractivity contribution in [3.8, 4) is 0 Å². The number of hydrogen-bond acceptors (Lipinski definition) is 4. The molecule has 0 radical (unpaired) electrons. The summed E-state index contributed by atoms with van der Waals surface area (Å²) < 4.78 is 22.7. The standard InChI is InChI=1S/C8H13N3O2S2/c1-10-8(9)11-5-6-3-4-7(14-6)15(2,12)13/h3-4H,5H2,1-2H3,(H3,9,10,11). The first-order chi connectivity index (χ1) is 6.93. The van der Waals surface area contributed by atoms with Crippen molar-refractivity contribution in [3.05, 3.63) is 17.0 Å². The summed E-state index contributed by atoms with van der Waals surface area (Å²) >= 11 is 1.23. The van der Waals surface area contributed by atoms with Crippen molar-refractivity contribution in [2.24, 2.45) is 10.7 Å². The van der Waals surface area contributed by atoms with E-state index in [0.29, 0.717) is 16.7 Å². The number of nitrogens with two attached hydrogens (primary N) is 1. The van der Waals surface area contributed by atoms with Crippen molar-refractivity contribution >= 4 is 27.1 Å². The molecule has 3 N–H and O–H groups in total. The van der Waals surface area contributed by atoms with Crippen molar-refractivity contribution in [1.82, 2.24) is 5.32 Å². The number of aliphatic imine (C=N–C) groups is 1. The molecule has 0 spiro atoms. The van der Waals surface area contributed by atoms with Crippen LogP contribution in [0.3, 0.4) is 0 Å². The van der Waals surface area contributed by atoms with Crippen LogP contribution in [-0.2, 0) is 16.4 Å². The lowest BCUT2D eigenvalue weighted by atomic mass is 10.5. The van der Waals surface area contributed by atoms with E-state index in [1.807, 2.05) is 0 Å². The van der Waals surface area contributed by atoms with E-state index in [1.54, 1.807) is 19.2 Å². The predicted octanol–water partition coefficient (Wildman–Crippen LogP) is 0.186. The summed E-state index contributed by atoms with van der Waals surface area (Å²) in [6, 6.07) is 3.35. The third kappa shape index (κ3) is 3.52. The fourth-order valence-corrected chi connectivity index (χ4v) is 2.83. The number of nitrogens with zero attached hydrogens (tertiary/aromatic N) is 1. The minimum absolute atomic E-state index is 0.337. The summed E-state index contributed by atoms with van der Waals surface area (Å²) in [6.45, 7) is 0.489. The SMILES string of the molecule is CN=C(N)NCc1ccc(S(C)(=O)=O)s1. The van der Waals surface area contributed by atoms with E-state index >= 15 is 0 Å². The second-order valence-electron chi connectivity index (χ2n) is 2.96. The van der Waals surface area contributed by atoms with E-state index in [1.165, 1.54) is 17.6 Å². The van der Waals surface area contributed by atoms with Crippen molar-refractivity contribution in [1.29, 1.82) is 0 Å². The minimum Gasteiger partial charge on any atom is -0.370 e. The fourth-order valence-electron chi connectivity index (χ4n) is 0.909. The van der Waals surface area contributed by atoms with E-state index < -0.39 is 9.84 Å². The van der Waals surface area contributed by atoms with Gasteiger partial charge in [0.05, 0.1) is 6.54 Å². The molecule has 15 heavy (non-hydrogen) atoms. The molecule has 84 valence electrons. The lowest BCUT2D eigenvalue weighted by molar-refractivity contribution is 0.604. The molecule has 5 nitrogen and oxygen atoms in total. The Morgan fingerprint density at radius 1 is 1.60 bits per heavy atom. The van der Waals surface area contributed by atoms with Crippen LogP contribution in [0.4, 0.5) is 0 Å². The van der Waals surface area contributed by atoms with Gasteiger partial charge in [-0.3, -0.25) is 4.99 Å². The molecule has 1 aromatic heterocycles. The highest BCUT2D eigenvalue weighted by atomic mass is 32.2. The first-order valence-corrected chi connectivity index (χ1v) is 6.89. The zero-order valence-electron chi connectivity index (χ0n) is 8.52. The topological polar surface area (TPSA) is 84.5 Å². The Morgan fingerprint density at radius 3 is 2.73 bits per heavy atom. The number of hydrogen-bond donors (Lipinski definition) is 2. The van der Waals surface area contributed by atoms with Crippen molar-refractivity contribution in [2.45, 2.75) is 10.8 Å². The molecular weight excluding hydrogens is 234 g/mol. The van der Waals surface area contributed by atoms with E-state index in [0.717, 1.165) is 4.88 Å². The normalized spacial score (nSPS) is 12.8. The third-order valence-corrected chi connectivity index (χ3v) is 4.59. The summed E-state index contributed by atoms with van der Waals surface area (Å²) in [5.41, 5.74) is 5.44. The molecule has 1 aromatic rings. The Hall–Kier alpha value is -1.08. The maximum absolute atomic E-state index is 11.2. The van der Waals surface area contributed by atoms with Gasteiger partial charge < -0.3 is 11.1 Å². The molecule has 0 amide bonds. The largest absolute Gasteiger partial charge is 0.370 e. The first kappa shape index (κ1) is 12.0. The van der Waals surface area contributed by atoms with Gasteiger partial charge in [-0.25, -0.2) is 8.42 Å². The molecule has 0 aliphatic heterocycles. The maximum atomic E-state index is 11.2. The highest BCUT2D eigenvalue weighted by Gasteiger charge is 2.10. The van der Waals surface area contributed by atoms with Crippen molar-refractivity contribution in [3.63, 3.8) is 0 Å². The number of nitrogens with one attached hydrogen (secondary N) is 1. The van der Waals surface area contributed by atoms with Crippen LogP contribution in [0.5, 0.6) is 0 Å². The molecule has 0 fully saturated rings. The lowest BCUT2D eigenvalue weighted by Crippen LogP contribution is -2.30. The highest BCUT2D eigenvalue weighted by molar-refractivity contribution is 7.92. The predicted molar refractivity (Wildman–Crippen MR) is 61.8 cm³/mol. The molecule has 0 aromatic carbocycles. The molecule has 0 aliphatic rings. The highest BCUT2D eigenvalue weighted by Crippen LogP contribution is 2.20. The Kier molecular flexibility index (Phi) is 3.70. The number of guanidine groups is 1. The monoisotopic (exact) mass is 247 g/mol. The quantitative estimate of drug-likeness (QED) is 0.589. The van der Waals surface area contributed by atoms with Crippen LogP contribution in [0, 0.1) is 0 Å². The van der Waals surface area contributed by atoms with Gasteiger partial charge in [0, 0.05) is 18.2 Å². The minimum atomic E-state index is -3.10. The van der Waals surface area contributed by atoms with Crippen molar-refractivity contribution in [2.75, 3.05) is 13.3 Å². The zero-order valence-corrected chi connectivity index (χ0v) is 10.2. The van der Waals surface area contributed by atoms with Gasteiger partial charge in [0.15, 0.2) is 15.8 Å². The Morgan fingerprint density at radius 2 is 2.27 bits per heavy atom. The van der Waals surface area contributed by atoms with Crippen LogP contribution in [0.25, 0.3) is 0 Å². The van der Waals surface area contributed by atoms with Gasteiger partial charge in [-0.15, -0.1) is 11.3 Å². The Balaban J connectivity index is 2.70. The van der Waals surface area contributed by atoms with Crippen LogP contribution >= 0.6 is 11.3 Å². The second kappa shape index (κ2) is 4.63. The summed E-state index contributed by atoms with van der Waals surface area (Å²) in [6.07, 6.45) is 1.19. The molecule has 1 rings (SSSR count). The molecule has 0 bridgehead atoms. The lowest BCUT2D eigenvalue weighted by Gasteiger charge is -2.01. The van der Waals surface area contributed by atoms with Crippen LogP contribution in [0.15, 0.2) is 21.3 Å². The average molecular weight is 247 g/mol. The maximum Gasteiger partial charge on any atom is 0.188 e. The molecule has 0 aliphatic carbocycles. The van der Waals surface area contributed by atoms with Crippen LogP contribution in [0.1, 0.15) is 4.88 Å². The smallest absolute Gasteiger partial charge is 0.188 e. The van der Waals surface area contributed by atoms with E-state index in [4.69, 9.17) is 5.73 Å². The van der Waals surface area contributed by atoms with E-state index in [-0.39, 0.29) is 0 Å². The summed E-state index contributed by atoms with van der Waals surface area (Å²) in [4.78, 5) is 4.63. The number of thiophene rings is 1. The molecule has 1 heterocycles. The molecule has 0 atom stereocenters. The average Bonchev–Trinajstić information content (AvgIpc) is 2.61. The van der Waals surface area contributed by atoms with E-state index in [2.05, 4.69) is 10.3 Å². The molecule has 0 saturated carbocycles. The number of rotatable bonds is 3. The molecular formula is C8H13N3O2S2. The summed E-state index contributed by atoms with van der Waals surface area (Å²) in [5.74, 6) is 0.337.